The Hall–Kier alpha value is -0.0800. The quantitative estimate of drug-likeness (QED) is 0.550. The van der Waals surface area contributed by atoms with Crippen LogP contribution < -0.4 is 0 Å². The number of rotatable bonds is 0. The summed E-state index contributed by atoms with van der Waals surface area (Å²) in [5.74, 6) is 0. The predicted molar refractivity (Wildman–Crippen MR) is 42.1 cm³/mol. The Labute approximate surface area is 67.2 Å². The monoisotopic (exact) mass is 156 g/mol. The predicted octanol–water partition coefficient (Wildman–Crippen LogP) is 1.06. The number of aliphatic hydroxyl groups excluding tert-OH is 2. The average molecular weight is 156 g/mol. The van der Waals surface area contributed by atoms with Gasteiger partial charge in [0.1, 0.15) is 0 Å². The highest BCUT2D eigenvalue weighted by molar-refractivity contribution is 4.96. The zero-order valence-corrected chi connectivity index (χ0v) is 6.79. The van der Waals surface area contributed by atoms with Crippen molar-refractivity contribution in [2.45, 2.75) is 50.7 Å². The molecule has 0 aromatic carbocycles. The lowest BCUT2D eigenvalue weighted by Gasteiger charge is -2.21. The third kappa shape index (κ3) is 1.18. The first-order chi connectivity index (χ1) is 5.22. The van der Waals surface area contributed by atoms with Crippen molar-refractivity contribution in [1.29, 1.82) is 0 Å². The molecule has 1 spiro atoms. The minimum atomic E-state index is -0.437. The highest BCUT2D eigenvalue weighted by Crippen LogP contribution is 2.50. The van der Waals surface area contributed by atoms with Crippen molar-refractivity contribution in [2.75, 3.05) is 0 Å². The molecule has 2 fully saturated rings. The molecular weight excluding hydrogens is 140 g/mol. The molecule has 0 saturated heterocycles. The summed E-state index contributed by atoms with van der Waals surface area (Å²) in [5, 5.41) is 18.7. The van der Waals surface area contributed by atoms with Crippen molar-refractivity contribution in [3.63, 3.8) is 0 Å². The Morgan fingerprint density at radius 2 is 1.36 bits per heavy atom. The van der Waals surface area contributed by atoms with Gasteiger partial charge < -0.3 is 10.2 Å². The first kappa shape index (κ1) is 7.56. The van der Waals surface area contributed by atoms with Gasteiger partial charge in [-0.2, -0.15) is 0 Å². The van der Waals surface area contributed by atoms with E-state index in [9.17, 15) is 10.2 Å². The van der Waals surface area contributed by atoms with E-state index in [1.807, 2.05) is 0 Å². The van der Waals surface area contributed by atoms with E-state index in [4.69, 9.17) is 0 Å². The molecule has 2 atom stereocenters. The molecule has 64 valence electrons. The summed E-state index contributed by atoms with van der Waals surface area (Å²) in [6, 6.07) is 0. The fourth-order valence-corrected chi connectivity index (χ4v) is 2.78. The van der Waals surface area contributed by atoms with Crippen LogP contribution in [0, 0.1) is 5.41 Å². The lowest BCUT2D eigenvalue weighted by Crippen LogP contribution is -2.17. The first-order valence-corrected chi connectivity index (χ1v) is 4.58. The molecule has 0 heterocycles. The third-order valence-corrected chi connectivity index (χ3v) is 3.39. The van der Waals surface area contributed by atoms with Gasteiger partial charge in [-0.3, -0.25) is 0 Å². The molecule has 2 heteroatoms. The Morgan fingerprint density at radius 3 is 1.82 bits per heavy atom. The second-order valence-corrected chi connectivity index (χ2v) is 4.25. The van der Waals surface area contributed by atoms with E-state index in [1.54, 1.807) is 0 Å². The Bertz CT molecular complexity index is 138. The number of aliphatic hydroxyl groups is 2. The molecule has 0 aliphatic heterocycles. The standard InChI is InChI=1S/C9H16O2/c10-7-5-9(6-8(7)11)3-1-2-4-9/h7-8,10-11H,1-6H2/t7-,8-/m1/s1. The molecule has 2 aliphatic carbocycles. The first-order valence-electron chi connectivity index (χ1n) is 4.58. The van der Waals surface area contributed by atoms with Gasteiger partial charge in [0.15, 0.2) is 0 Å². The minimum Gasteiger partial charge on any atom is -0.390 e. The topological polar surface area (TPSA) is 40.5 Å². The molecule has 0 unspecified atom stereocenters. The molecule has 11 heavy (non-hydrogen) atoms. The Balaban J connectivity index is 2.06. The normalized spacial score (nSPS) is 42.0. The summed E-state index contributed by atoms with van der Waals surface area (Å²) in [6.45, 7) is 0. The van der Waals surface area contributed by atoms with Gasteiger partial charge in [-0.05, 0) is 31.1 Å². The van der Waals surface area contributed by atoms with Crippen LogP contribution in [0.3, 0.4) is 0 Å². The van der Waals surface area contributed by atoms with Crippen LogP contribution in [0.1, 0.15) is 38.5 Å². The van der Waals surface area contributed by atoms with Crippen molar-refractivity contribution in [3.05, 3.63) is 0 Å². The lowest BCUT2D eigenvalue weighted by molar-refractivity contribution is 0.0438. The summed E-state index contributed by atoms with van der Waals surface area (Å²) in [7, 11) is 0. The zero-order chi connectivity index (χ0) is 7.90. The van der Waals surface area contributed by atoms with E-state index in [0.717, 1.165) is 12.8 Å². The fourth-order valence-electron chi connectivity index (χ4n) is 2.78. The molecule has 0 aromatic heterocycles. The molecule has 2 saturated carbocycles. The zero-order valence-electron chi connectivity index (χ0n) is 6.79. The summed E-state index contributed by atoms with van der Waals surface area (Å²) in [6.07, 6.45) is 5.84. The van der Waals surface area contributed by atoms with Gasteiger partial charge in [0.05, 0.1) is 12.2 Å². The Kier molecular flexibility index (Phi) is 1.69. The fraction of sp³-hybridized carbons (Fsp3) is 1.00. The van der Waals surface area contributed by atoms with E-state index in [-0.39, 0.29) is 0 Å². The van der Waals surface area contributed by atoms with E-state index in [2.05, 4.69) is 0 Å². The van der Waals surface area contributed by atoms with Gasteiger partial charge >= 0.3 is 0 Å². The van der Waals surface area contributed by atoms with Crippen molar-refractivity contribution in [1.82, 2.24) is 0 Å². The molecule has 2 aliphatic rings. The molecule has 0 amide bonds. The van der Waals surface area contributed by atoms with Crippen LogP contribution in [0.2, 0.25) is 0 Å². The van der Waals surface area contributed by atoms with Crippen LogP contribution in [0.5, 0.6) is 0 Å². The average Bonchev–Trinajstić information content (AvgIpc) is 2.46. The molecule has 2 nitrogen and oxygen atoms in total. The van der Waals surface area contributed by atoms with Gasteiger partial charge in [-0.25, -0.2) is 0 Å². The molecule has 0 radical (unpaired) electrons. The summed E-state index contributed by atoms with van der Waals surface area (Å²) in [5.41, 5.74) is 0.332. The largest absolute Gasteiger partial charge is 0.390 e. The second kappa shape index (κ2) is 2.46. The molecule has 2 rings (SSSR count). The van der Waals surface area contributed by atoms with E-state index < -0.39 is 12.2 Å². The van der Waals surface area contributed by atoms with E-state index >= 15 is 0 Å². The number of hydrogen-bond donors (Lipinski definition) is 2. The van der Waals surface area contributed by atoms with Gasteiger partial charge in [-0.1, -0.05) is 12.8 Å². The Morgan fingerprint density at radius 1 is 0.909 bits per heavy atom. The lowest BCUT2D eigenvalue weighted by atomic mass is 9.84. The maximum absolute atomic E-state index is 9.37. The summed E-state index contributed by atoms with van der Waals surface area (Å²) in [4.78, 5) is 0. The van der Waals surface area contributed by atoms with Gasteiger partial charge in [0, 0.05) is 0 Å². The van der Waals surface area contributed by atoms with Gasteiger partial charge in [0.2, 0.25) is 0 Å². The van der Waals surface area contributed by atoms with Crippen LogP contribution in [0.15, 0.2) is 0 Å². The second-order valence-electron chi connectivity index (χ2n) is 4.25. The van der Waals surface area contributed by atoms with Gasteiger partial charge in [0.25, 0.3) is 0 Å². The van der Waals surface area contributed by atoms with Crippen LogP contribution in [-0.2, 0) is 0 Å². The smallest absolute Gasteiger partial charge is 0.0804 e. The highest BCUT2D eigenvalue weighted by Gasteiger charge is 2.45. The SMILES string of the molecule is O[C@@H]1CC2(CCCC2)C[C@H]1O. The minimum absolute atomic E-state index is 0.332. The maximum Gasteiger partial charge on any atom is 0.0804 e. The summed E-state index contributed by atoms with van der Waals surface area (Å²) >= 11 is 0. The molecule has 0 bridgehead atoms. The van der Waals surface area contributed by atoms with E-state index in [0.29, 0.717) is 5.41 Å². The number of hydrogen-bond acceptors (Lipinski definition) is 2. The van der Waals surface area contributed by atoms with Crippen LogP contribution >= 0.6 is 0 Å². The van der Waals surface area contributed by atoms with Crippen molar-refractivity contribution < 1.29 is 10.2 Å². The van der Waals surface area contributed by atoms with Crippen molar-refractivity contribution in [2.24, 2.45) is 5.41 Å². The van der Waals surface area contributed by atoms with Crippen LogP contribution in [0.25, 0.3) is 0 Å². The highest BCUT2D eigenvalue weighted by atomic mass is 16.3. The van der Waals surface area contributed by atoms with Crippen LogP contribution in [0.4, 0.5) is 0 Å². The third-order valence-electron chi connectivity index (χ3n) is 3.39. The van der Waals surface area contributed by atoms with Gasteiger partial charge in [-0.15, -0.1) is 0 Å². The van der Waals surface area contributed by atoms with Crippen molar-refractivity contribution in [3.8, 4) is 0 Å². The maximum atomic E-state index is 9.37. The summed E-state index contributed by atoms with van der Waals surface area (Å²) < 4.78 is 0. The molecular formula is C9H16O2. The van der Waals surface area contributed by atoms with Crippen molar-refractivity contribution >= 4 is 0 Å². The van der Waals surface area contributed by atoms with E-state index in [1.165, 1.54) is 25.7 Å². The van der Waals surface area contributed by atoms with Crippen LogP contribution in [-0.4, -0.2) is 22.4 Å². The molecule has 2 N–H and O–H groups in total. The molecule has 0 aromatic rings.